The van der Waals surface area contributed by atoms with Crippen LogP contribution in [0.15, 0.2) is 138 Å². The zero-order chi connectivity index (χ0) is 31.5. The van der Waals surface area contributed by atoms with Crippen molar-refractivity contribution in [2.24, 2.45) is 0 Å². The molecule has 2 aromatic heterocycles. The molecule has 1 aliphatic carbocycles. The van der Waals surface area contributed by atoms with Gasteiger partial charge in [-0.05, 0) is 57.8 Å². The van der Waals surface area contributed by atoms with Crippen molar-refractivity contribution in [1.82, 2.24) is 15.0 Å². The third-order valence-corrected chi connectivity index (χ3v) is 8.77. The number of nitrogens with zero attached hydrogens (tertiary/aromatic N) is 3. The summed E-state index contributed by atoms with van der Waals surface area (Å²) in [6.45, 7) is 0. The molecule has 6 heteroatoms. The van der Waals surface area contributed by atoms with Crippen molar-refractivity contribution in [3.8, 4) is 45.3 Å². The van der Waals surface area contributed by atoms with Gasteiger partial charge in [-0.15, -0.1) is 0 Å². The van der Waals surface area contributed by atoms with Gasteiger partial charge in [0.15, 0.2) is 17.5 Å². The van der Waals surface area contributed by atoms with E-state index in [1.165, 1.54) is 0 Å². The van der Waals surface area contributed by atoms with Crippen LogP contribution in [-0.2, 0) is 0 Å². The first-order valence-corrected chi connectivity index (χ1v) is 15.4. The fourth-order valence-electron chi connectivity index (χ4n) is 6.48. The quantitative estimate of drug-likeness (QED) is 0.209. The minimum atomic E-state index is 0.208. The summed E-state index contributed by atoms with van der Waals surface area (Å²) < 4.78 is 6.21. The number of hydrogen-bond donors (Lipinski definition) is 2. The van der Waals surface area contributed by atoms with Crippen molar-refractivity contribution in [3.05, 3.63) is 145 Å². The number of allylic oxidation sites excluding steroid dienone is 1. The minimum Gasteiger partial charge on any atom is -0.456 e. The van der Waals surface area contributed by atoms with Gasteiger partial charge in [0.05, 0.1) is 11.4 Å². The third kappa shape index (κ3) is 4.46. The molecule has 0 spiro atoms. The van der Waals surface area contributed by atoms with Crippen LogP contribution < -0.4 is 0 Å². The number of benzene rings is 6. The van der Waals surface area contributed by atoms with Crippen LogP contribution in [0.2, 0.25) is 0 Å². The lowest BCUT2D eigenvalue weighted by molar-refractivity contribution is 0.669. The van der Waals surface area contributed by atoms with Crippen LogP contribution in [-0.4, -0.2) is 26.4 Å². The van der Waals surface area contributed by atoms with Crippen LogP contribution in [0.3, 0.4) is 0 Å². The topological polar surface area (TPSA) is 99.5 Å². The first-order valence-electron chi connectivity index (χ1n) is 15.4. The van der Waals surface area contributed by atoms with E-state index in [-0.39, 0.29) is 11.4 Å². The van der Waals surface area contributed by atoms with Crippen molar-refractivity contribution in [2.75, 3.05) is 0 Å². The highest BCUT2D eigenvalue weighted by molar-refractivity contribution is 6.53. The summed E-state index contributed by atoms with van der Waals surface area (Å²) in [4.78, 5) is 15.2. The van der Waals surface area contributed by atoms with Crippen LogP contribution in [0.5, 0.6) is 0 Å². The highest BCUT2D eigenvalue weighted by Crippen LogP contribution is 2.37. The molecule has 8 aromatic rings. The second-order valence-corrected chi connectivity index (χ2v) is 11.6. The van der Waals surface area contributed by atoms with E-state index in [0.717, 1.165) is 71.7 Å². The van der Waals surface area contributed by atoms with E-state index in [1.807, 2.05) is 91.0 Å². The van der Waals surface area contributed by atoms with Gasteiger partial charge < -0.3 is 4.42 Å². The highest BCUT2D eigenvalue weighted by Gasteiger charge is 2.20. The van der Waals surface area contributed by atoms with E-state index in [2.05, 4.69) is 42.5 Å². The Morgan fingerprint density at radius 3 is 2.06 bits per heavy atom. The Morgan fingerprint density at radius 1 is 0.489 bits per heavy atom. The molecule has 6 nitrogen and oxygen atoms in total. The molecule has 6 aromatic carbocycles. The van der Waals surface area contributed by atoms with E-state index in [4.69, 9.17) is 30.2 Å². The lowest BCUT2D eigenvalue weighted by Gasteiger charge is -2.16. The molecule has 0 saturated heterocycles. The Balaban J connectivity index is 1.27. The summed E-state index contributed by atoms with van der Waals surface area (Å²) in [5.74, 6) is 1.67. The zero-order valence-electron chi connectivity index (χ0n) is 25.0. The number of nitrogens with one attached hydrogen (secondary N) is 2. The van der Waals surface area contributed by atoms with Gasteiger partial charge in [-0.25, -0.2) is 15.0 Å². The first kappa shape index (κ1) is 26.8. The van der Waals surface area contributed by atoms with Gasteiger partial charge in [0.25, 0.3) is 0 Å². The van der Waals surface area contributed by atoms with Gasteiger partial charge in [-0.2, -0.15) is 0 Å². The average Bonchev–Trinajstić information content (AvgIpc) is 3.52. The maximum absolute atomic E-state index is 8.60. The summed E-state index contributed by atoms with van der Waals surface area (Å²) >= 11 is 0. The molecular formula is C41H25N5O. The second kappa shape index (κ2) is 10.5. The Bertz CT molecular complexity index is 2620. The molecule has 2 heterocycles. The third-order valence-electron chi connectivity index (χ3n) is 8.77. The lowest BCUT2D eigenvalue weighted by atomic mass is 9.89. The molecule has 0 radical (unpaired) electrons. The first-order chi connectivity index (χ1) is 23.1. The second-order valence-electron chi connectivity index (χ2n) is 11.6. The summed E-state index contributed by atoms with van der Waals surface area (Å²) in [7, 11) is 0. The highest BCUT2D eigenvalue weighted by atomic mass is 16.3. The Morgan fingerprint density at radius 2 is 1.19 bits per heavy atom. The van der Waals surface area contributed by atoms with Gasteiger partial charge in [0.2, 0.25) is 0 Å². The SMILES string of the molecule is N=C1C=Cc2ccc3cc(-c4nc(-c5cccc(-c6ccccc6)c5)nc(-c5cccc6oc7ccccc7c56)n4)ccc3c2C1=N. The van der Waals surface area contributed by atoms with Crippen LogP contribution in [0.4, 0.5) is 0 Å². The molecule has 0 unspecified atom stereocenters. The van der Waals surface area contributed by atoms with Crippen molar-refractivity contribution >= 4 is 50.2 Å². The van der Waals surface area contributed by atoms with E-state index in [1.54, 1.807) is 6.08 Å². The van der Waals surface area contributed by atoms with E-state index < -0.39 is 0 Å². The van der Waals surface area contributed by atoms with E-state index >= 15 is 0 Å². The van der Waals surface area contributed by atoms with Crippen LogP contribution >= 0.6 is 0 Å². The number of rotatable bonds is 4. The molecule has 0 bridgehead atoms. The standard InChI is InChI=1S/C41H25N5O/c42-33-21-19-25-16-17-27-23-29(18-20-30(27)36(25)38(33)43)40-44-39(28-11-6-10-26(22-28)24-8-2-1-3-9-24)45-41(46-40)32-13-7-15-35-37(32)31-12-4-5-14-34(31)47-35/h1-23,42-43H. The molecule has 0 aliphatic heterocycles. The van der Waals surface area contributed by atoms with Crippen molar-refractivity contribution in [3.63, 3.8) is 0 Å². The minimum absolute atomic E-state index is 0.208. The van der Waals surface area contributed by atoms with Gasteiger partial charge in [-0.3, -0.25) is 10.8 Å². The van der Waals surface area contributed by atoms with Crippen LogP contribution in [0.1, 0.15) is 11.1 Å². The zero-order valence-corrected chi connectivity index (χ0v) is 25.0. The normalized spacial score (nSPS) is 12.7. The summed E-state index contributed by atoms with van der Waals surface area (Å²) in [5.41, 5.74) is 8.51. The lowest BCUT2D eigenvalue weighted by Crippen LogP contribution is -2.16. The number of para-hydroxylation sites is 1. The van der Waals surface area contributed by atoms with Crippen molar-refractivity contribution in [1.29, 1.82) is 10.8 Å². The van der Waals surface area contributed by atoms with Gasteiger partial charge in [-0.1, -0.05) is 109 Å². The Kier molecular flexibility index (Phi) is 6.01. The molecule has 0 amide bonds. The Labute approximate surface area is 269 Å². The maximum atomic E-state index is 8.60. The molecule has 0 atom stereocenters. The fourth-order valence-corrected chi connectivity index (χ4v) is 6.48. The van der Waals surface area contributed by atoms with E-state index in [9.17, 15) is 0 Å². The summed E-state index contributed by atoms with van der Waals surface area (Å²) in [6.07, 6.45) is 3.58. The predicted molar refractivity (Wildman–Crippen MR) is 190 cm³/mol. The van der Waals surface area contributed by atoms with Gasteiger partial charge >= 0.3 is 0 Å². The van der Waals surface area contributed by atoms with E-state index in [0.29, 0.717) is 17.5 Å². The van der Waals surface area contributed by atoms with Gasteiger partial charge in [0.1, 0.15) is 11.2 Å². The largest absolute Gasteiger partial charge is 0.456 e. The molecule has 0 fully saturated rings. The molecule has 1 aliphatic rings. The smallest absolute Gasteiger partial charge is 0.164 e. The molecule has 9 rings (SSSR count). The van der Waals surface area contributed by atoms with Crippen molar-refractivity contribution < 1.29 is 4.42 Å². The molecular weight excluding hydrogens is 578 g/mol. The van der Waals surface area contributed by atoms with Crippen molar-refractivity contribution in [2.45, 2.75) is 0 Å². The number of hydrogen-bond acceptors (Lipinski definition) is 6. The predicted octanol–water partition coefficient (Wildman–Crippen LogP) is 10.0. The maximum Gasteiger partial charge on any atom is 0.164 e. The Hall–Kier alpha value is -6.53. The molecule has 0 saturated carbocycles. The van der Waals surface area contributed by atoms with Crippen LogP contribution in [0.25, 0.3) is 84.1 Å². The van der Waals surface area contributed by atoms with Gasteiger partial charge in [0, 0.05) is 33.0 Å². The average molecular weight is 604 g/mol. The summed E-state index contributed by atoms with van der Waals surface area (Å²) in [5, 5.41) is 20.6. The monoisotopic (exact) mass is 603 g/mol. The number of fused-ring (bicyclic) bond motifs is 6. The fraction of sp³-hybridized carbons (Fsp3) is 0. The van der Waals surface area contributed by atoms with Crippen LogP contribution in [0, 0.1) is 10.8 Å². The molecule has 47 heavy (non-hydrogen) atoms. The summed E-state index contributed by atoms with van der Waals surface area (Å²) in [6, 6.07) is 42.7. The molecule has 220 valence electrons. The number of aromatic nitrogens is 3. The number of furan rings is 1. The molecule has 2 N–H and O–H groups in total.